The first-order chi connectivity index (χ1) is 7.20. The molecule has 0 amide bonds. The lowest BCUT2D eigenvalue weighted by Crippen LogP contribution is -2.28. The van der Waals surface area contributed by atoms with Gasteiger partial charge in [-0.3, -0.25) is 4.68 Å². The van der Waals surface area contributed by atoms with Gasteiger partial charge >= 0.3 is 0 Å². The Balaban J connectivity index is 2.16. The molecule has 0 aliphatic heterocycles. The minimum atomic E-state index is 0.583. The monoisotopic (exact) mass is 207 g/mol. The molecule has 0 aromatic carbocycles. The van der Waals surface area contributed by atoms with Crippen LogP contribution in [-0.4, -0.2) is 16.3 Å². The molecule has 0 spiro atoms. The van der Waals surface area contributed by atoms with Gasteiger partial charge < -0.3 is 5.73 Å². The van der Waals surface area contributed by atoms with Crippen molar-refractivity contribution in [2.45, 2.75) is 32.1 Å². The van der Waals surface area contributed by atoms with Crippen LogP contribution in [0.15, 0.2) is 12.3 Å². The zero-order valence-corrected chi connectivity index (χ0v) is 9.69. The third-order valence-electron chi connectivity index (χ3n) is 3.67. The Bertz CT molecular complexity index is 318. The summed E-state index contributed by atoms with van der Waals surface area (Å²) in [6, 6.07) is 2.14. The maximum atomic E-state index is 5.85. The maximum Gasteiger partial charge on any atom is 0.0658 e. The first-order valence-corrected chi connectivity index (χ1v) is 5.90. The molecule has 1 fully saturated rings. The Morgan fingerprint density at radius 3 is 2.93 bits per heavy atom. The predicted molar refractivity (Wildman–Crippen MR) is 61.5 cm³/mol. The molecule has 3 unspecified atom stereocenters. The quantitative estimate of drug-likeness (QED) is 0.805. The van der Waals surface area contributed by atoms with E-state index in [0.29, 0.717) is 11.8 Å². The first-order valence-electron chi connectivity index (χ1n) is 5.90. The van der Waals surface area contributed by atoms with Gasteiger partial charge in [0, 0.05) is 19.2 Å². The van der Waals surface area contributed by atoms with E-state index in [9.17, 15) is 0 Å². The van der Waals surface area contributed by atoms with E-state index in [1.165, 1.54) is 25.0 Å². The van der Waals surface area contributed by atoms with Crippen molar-refractivity contribution in [1.29, 1.82) is 0 Å². The molecule has 1 heterocycles. The van der Waals surface area contributed by atoms with Gasteiger partial charge in [0.05, 0.1) is 5.69 Å². The smallest absolute Gasteiger partial charge is 0.0658 e. The fourth-order valence-corrected chi connectivity index (χ4v) is 2.72. The van der Waals surface area contributed by atoms with Crippen LogP contribution in [0.1, 0.15) is 37.8 Å². The van der Waals surface area contributed by atoms with Crippen molar-refractivity contribution in [3.05, 3.63) is 18.0 Å². The molecule has 1 aromatic heterocycles. The number of aromatic nitrogens is 2. The molecule has 3 atom stereocenters. The van der Waals surface area contributed by atoms with E-state index >= 15 is 0 Å². The minimum Gasteiger partial charge on any atom is -0.330 e. The molecule has 1 aromatic rings. The lowest BCUT2D eigenvalue weighted by atomic mass is 9.73. The van der Waals surface area contributed by atoms with Gasteiger partial charge in [0.1, 0.15) is 0 Å². The van der Waals surface area contributed by atoms with E-state index in [1.54, 1.807) is 0 Å². The molecule has 1 saturated carbocycles. The third kappa shape index (κ3) is 2.23. The standard InChI is InChI=1S/C12H21N3/c1-9-3-4-10(8-13)11(7-9)12-5-6-15(2)14-12/h5-6,9-11H,3-4,7-8,13H2,1-2H3. The summed E-state index contributed by atoms with van der Waals surface area (Å²) >= 11 is 0. The maximum absolute atomic E-state index is 5.85. The fraction of sp³-hybridized carbons (Fsp3) is 0.750. The summed E-state index contributed by atoms with van der Waals surface area (Å²) in [5, 5.41) is 4.53. The Hall–Kier alpha value is -0.830. The SMILES string of the molecule is CC1CCC(CN)C(c2ccn(C)n2)C1. The molecule has 3 nitrogen and oxygen atoms in total. The summed E-state index contributed by atoms with van der Waals surface area (Å²) in [5.74, 6) is 2.04. The van der Waals surface area contributed by atoms with E-state index in [1.807, 2.05) is 17.9 Å². The largest absolute Gasteiger partial charge is 0.330 e. The molecule has 1 aliphatic rings. The number of rotatable bonds is 2. The Morgan fingerprint density at radius 1 is 1.53 bits per heavy atom. The number of nitrogens with two attached hydrogens (primary N) is 1. The predicted octanol–water partition coefficient (Wildman–Crippen LogP) is 1.90. The summed E-state index contributed by atoms with van der Waals surface area (Å²) in [5.41, 5.74) is 7.08. The lowest BCUT2D eigenvalue weighted by molar-refractivity contribution is 0.249. The number of hydrogen-bond acceptors (Lipinski definition) is 2. The molecule has 3 heteroatoms. The number of aryl methyl sites for hydroxylation is 1. The topological polar surface area (TPSA) is 43.8 Å². The molecule has 2 rings (SSSR count). The molecule has 15 heavy (non-hydrogen) atoms. The normalized spacial score (nSPS) is 31.8. The van der Waals surface area contributed by atoms with Crippen molar-refractivity contribution < 1.29 is 0 Å². The second kappa shape index (κ2) is 4.35. The van der Waals surface area contributed by atoms with Gasteiger partial charge in [0.25, 0.3) is 0 Å². The van der Waals surface area contributed by atoms with Crippen molar-refractivity contribution >= 4 is 0 Å². The van der Waals surface area contributed by atoms with Crippen molar-refractivity contribution in [3.63, 3.8) is 0 Å². The summed E-state index contributed by atoms with van der Waals surface area (Å²) in [6.07, 6.45) is 5.87. The van der Waals surface area contributed by atoms with E-state index in [4.69, 9.17) is 5.73 Å². The molecular formula is C12H21N3. The first kappa shape index (κ1) is 10.7. The van der Waals surface area contributed by atoms with E-state index in [0.717, 1.165) is 12.5 Å². The van der Waals surface area contributed by atoms with Gasteiger partial charge in [-0.1, -0.05) is 13.3 Å². The fourth-order valence-electron chi connectivity index (χ4n) is 2.72. The molecule has 84 valence electrons. The van der Waals surface area contributed by atoms with Crippen LogP contribution in [-0.2, 0) is 7.05 Å². The van der Waals surface area contributed by atoms with Crippen LogP contribution in [0.2, 0.25) is 0 Å². The summed E-state index contributed by atoms with van der Waals surface area (Å²) < 4.78 is 1.89. The summed E-state index contributed by atoms with van der Waals surface area (Å²) in [4.78, 5) is 0. The second-order valence-electron chi connectivity index (χ2n) is 4.93. The average molecular weight is 207 g/mol. The highest BCUT2D eigenvalue weighted by Crippen LogP contribution is 2.39. The van der Waals surface area contributed by atoms with E-state index in [2.05, 4.69) is 18.1 Å². The molecular weight excluding hydrogens is 186 g/mol. The Kier molecular flexibility index (Phi) is 3.10. The molecule has 0 saturated heterocycles. The van der Waals surface area contributed by atoms with E-state index in [-0.39, 0.29) is 0 Å². The number of nitrogens with zero attached hydrogens (tertiary/aromatic N) is 2. The average Bonchev–Trinajstić information content (AvgIpc) is 2.65. The molecule has 0 bridgehead atoms. The van der Waals surface area contributed by atoms with Crippen LogP contribution in [0.25, 0.3) is 0 Å². The van der Waals surface area contributed by atoms with Gasteiger partial charge in [-0.25, -0.2) is 0 Å². The number of hydrogen-bond donors (Lipinski definition) is 1. The highest BCUT2D eigenvalue weighted by molar-refractivity contribution is 5.09. The van der Waals surface area contributed by atoms with Gasteiger partial charge in [-0.15, -0.1) is 0 Å². The molecule has 1 aliphatic carbocycles. The third-order valence-corrected chi connectivity index (χ3v) is 3.67. The van der Waals surface area contributed by atoms with Crippen LogP contribution in [0, 0.1) is 11.8 Å². The van der Waals surface area contributed by atoms with Crippen molar-refractivity contribution in [3.8, 4) is 0 Å². The van der Waals surface area contributed by atoms with Crippen LogP contribution in [0.4, 0.5) is 0 Å². The minimum absolute atomic E-state index is 0.583. The Morgan fingerprint density at radius 2 is 2.33 bits per heavy atom. The summed E-state index contributed by atoms with van der Waals surface area (Å²) in [6.45, 7) is 3.14. The Labute approximate surface area is 91.7 Å². The molecule has 2 N–H and O–H groups in total. The van der Waals surface area contributed by atoms with Gasteiger partial charge in [0.2, 0.25) is 0 Å². The molecule has 0 radical (unpaired) electrons. The second-order valence-corrected chi connectivity index (χ2v) is 4.93. The van der Waals surface area contributed by atoms with E-state index < -0.39 is 0 Å². The zero-order valence-electron chi connectivity index (χ0n) is 9.69. The van der Waals surface area contributed by atoms with Crippen LogP contribution >= 0.6 is 0 Å². The van der Waals surface area contributed by atoms with Gasteiger partial charge in [-0.2, -0.15) is 5.10 Å². The zero-order chi connectivity index (χ0) is 10.8. The van der Waals surface area contributed by atoms with Crippen LogP contribution < -0.4 is 5.73 Å². The highest BCUT2D eigenvalue weighted by atomic mass is 15.2. The van der Waals surface area contributed by atoms with Crippen LogP contribution in [0.3, 0.4) is 0 Å². The van der Waals surface area contributed by atoms with Crippen molar-refractivity contribution in [2.75, 3.05) is 6.54 Å². The van der Waals surface area contributed by atoms with Gasteiger partial charge in [-0.05, 0) is 37.3 Å². The van der Waals surface area contributed by atoms with Crippen molar-refractivity contribution in [2.24, 2.45) is 24.6 Å². The van der Waals surface area contributed by atoms with Crippen molar-refractivity contribution in [1.82, 2.24) is 9.78 Å². The highest BCUT2D eigenvalue weighted by Gasteiger charge is 2.30. The van der Waals surface area contributed by atoms with Crippen LogP contribution in [0.5, 0.6) is 0 Å². The summed E-state index contributed by atoms with van der Waals surface area (Å²) in [7, 11) is 1.98. The lowest BCUT2D eigenvalue weighted by Gasteiger charge is -2.33. The van der Waals surface area contributed by atoms with Gasteiger partial charge in [0.15, 0.2) is 0 Å².